The molecule has 0 aliphatic heterocycles. The molecule has 0 spiro atoms. The zero-order chi connectivity index (χ0) is 14.7. The van der Waals surface area contributed by atoms with Gasteiger partial charge < -0.3 is 19.1 Å². The summed E-state index contributed by atoms with van der Waals surface area (Å²) in [6.07, 6.45) is 0. The number of nitrogens with two attached hydrogens (primary N) is 1. The molecule has 4 aromatic rings. The topological polar surface area (TPSA) is 78.3 Å². The summed E-state index contributed by atoms with van der Waals surface area (Å²) in [6.45, 7) is 3.80. The third-order valence-corrected chi connectivity index (χ3v) is 4.20. The van der Waals surface area contributed by atoms with Gasteiger partial charge >= 0.3 is 0 Å². The smallest absolute Gasteiger partial charge is 0.173 e. The quantitative estimate of drug-likeness (QED) is 0.535. The lowest BCUT2D eigenvalue weighted by atomic mass is 10.0. The van der Waals surface area contributed by atoms with Crippen LogP contribution in [0.1, 0.15) is 11.5 Å². The van der Waals surface area contributed by atoms with E-state index >= 15 is 0 Å². The van der Waals surface area contributed by atoms with Gasteiger partial charge in [0.05, 0.1) is 10.0 Å². The molecule has 3 heterocycles. The Labute approximate surface area is 127 Å². The second-order valence-corrected chi connectivity index (χ2v) is 5.80. The summed E-state index contributed by atoms with van der Waals surface area (Å²) in [4.78, 5) is 0. The Morgan fingerprint density at radius 1 is 1.00 bits per heavy atom. The average molecular weight is 347 g/mol. The van der Waals surface area contributed by atoms with E-state index in [0.29, 0.717) is 11.6 Å². The van der Waals surface area contributed by atoms with Crippen molar-refractivity contribution in [1.82, 2.24) is 5.16 Å². The maximum Gasteiger partial charge on any atom is 0.173 e. The van der Waals surface area contributed by atoms with E-state index in [4.69, 9.17) is 19.1 Å². The van der Waals surface area contributed by atoms with Crippen molar-refractivity contribution in [1.29, 1.82) is 0 Å². The van der Waals surface area contributed by atoms with Crippen molar-refractivity contribution in [3.8, 4) is 11.3 Å². The van der Waals surface area contributed by atoms with Crippen molar-refractivity contribution in [2.75, 3.05) is 5.73 Å². The lowest BCUT2D eigenvalue weighted by molar-refractivity contribution is 0.435. The minimum Gasteiger partial charge on any atom is -0.461 e. The standard InChI is InChI=1S/C15H11BrN2O3/c1-6-3-8-12(10-5-11(17)18-21-10)14-9(4-7(2)19-14)13(16)15(8)20-6/h3-5H,1-2H3,(H2,17,18). The lowest BCUT2D eigenvalue weighted by Gasteiger charge is -2.02. The summed E-state index contributed by atoms with van der Waals surface area (Å²) in [5, 5.41) is 5.59. The van der Waals surface area contributed by atoms with Gasteiger partial charge in [-0.2, -0.15) is 0 Å². The lowest BCUT2D eigenvalue weighted by Crippen LogP contribution is -1.81. The number of furan rings is 2. The van der Waals surface area contributed by atoms with E-state index in [-0.39, 0.29) is 0 Å². The zero-order valence-corrected chi connectivity index (χ0v) is 12.9. The Morgan fingerprint density at radius 2 is 1.67 bits per heavy atom. The molecule has 5 nitrogen and oxygen atoms in total. The molecule has 3 aromatic heterocycles. The van der Waals surface area contributed by atoms with Gasteiger partial charge in [-0.1, -0.05) is 5.16 Å². The van der Waals surface area contributed by atoms with E-state index in [1.165, 1.54) is 0 Å². The molecule has 0 fully saturated rings. The first kappa shape index (κ1) is 12.5. The predicted molar refractivity (Wildman–Crippen MR) is 83.1 cm³/mol. The van der Waals surface area contributed by atoms with Gasteiger partial charge in [0.25, 0.3) is 0 Å². The van der Waals surface area contributed by atoms with Gasteiger partial charge in [-0.15, -0.1) is 0 Å². The van der Waals surface area contributed by atoms with Crippen molar-refractivity contribution in [2.24, 2.45) is 0 Å². The zero-order valence-electron chi connectivity index (χ0n) is 11.4. The Hall–Kier alpha value is -2.21. The fourth-order valence-corrected chi connectivity index (χ4v) is 3.21. The first-order chi connectivity index (χ1) is 10.0. The fraction of sp³-hybridized carbons (Fsp3) is 0.133. The van der Waals surface area contributed by atoms with Crippen LogP contribution in [0.4, 0.5) is 5.82 Å². The number of aromatic nitrogens is 1. The van der Waals surface area contributed by atoms with Gasteiger partial charge in [0.15, 0.2) is 11.6 Å². The molecule has 0 amide bonds. The Morgan fingerprint density at radius 3 is 2.33 bits per heavy atom. The molecule has 0 aliphatic rings. The first-order valence-corrected chi connectivity index (χ1v) is 7.18. The minimum atomic E-state index is 0.331. The number of fused-ring (bicyclic) bond motifs is 2. The molecule has 6 heteroatoms. The van der Waals surface area contributed by atoms with Crippen molar-refractivity contribution in [3.05, 3.63) is 34.2 Å². The molecule has 0 saturated carbocycles. The highest BCUT2D eigenvalue weighted by atomic mass is 79.9. The van der Waals surface area contributed by atoms with E-state index in [1.54, 1.807) is 6.07 Å². The van der Waals surface area contributed by atoms with Crippen LogP contribution in [0.15, 0.2) is 36.0 Å². The van der Waals surface area contributed by atoms with Crippen molar-refractivity contribution in [3.63, 3.8) is 0 Å². The van der Waals surface area contributed by atoms with E-state index in [0.717, 1.165) is 43.5 Å². The molecule has 0 saturated heterocycles. The molecule has 0 atom stereocenters. The number of aryl methyl sites for hydroxylation is 2. The molecular weight excluding hydrogens is 336 g/mol. The van der Waals surface area contributed by atoms with Crippen LogP contribution >= 0.6 is 15.9 Å². The highest BCUT2D eigenvalue weighted by Gasteiger charge is 2.22. The van der Waals surface area contributed by atoms with Gasteiger partial charge in [0.2, 0.25) is 0 Å². The summed E-state index contributed by atoms with van der Waals surface area (Å²) in [5.41, 5.74) is 7.96. The number of hydrogen-bond donors (Lipinski definition) is 1. The van der Waals surface area contributed by atoms with Crippen LogP contribution in [-0.4, -0.2) is 5.16 Å². The molecule has 1 aromatic carbocycles. The van der Waals surface area contributed by atoms with Crippen LogP contribution in [0, 0.1) is 13.8 Å². The van der Waals surface area contributed by atoms with Crippen LogP contribution in [0.25, 0.3) is 33.3 Å². The van der Waals surface area contributed by atoms with E-state index < -0.39 is 0 Å². The summed E-state index contributed by atoms with van der Waals surface area (Å²) in [7, 11) is 0. The van der Waals surface area contributed by atoms with Gasteiger partial charge in [0.1, 0.15) is 22.7 Å². The van der Waals surface area contributed by atoms with Crippen molar-refractivity contribution >= 4 is 43.7 Å². The number of benzene rings is 1. The second-order valence-electron chi connectivity index (χ2n) is 5.00. The second kappa shape index (κ2) is 4.14. The molecule has 106 valence electrons. The summed E-state index contributed by atoms with van der Waals surface area (Å²) >= 11 is 3.60. The largest absolute Gasteiger partial charge is 0.461 e. The Kier molecular flexibility index (Phi) is 2.47. The molecule has 0 bridgehead atoms. The van der Waals surface area contributed by atoms with Gasteiger partial charge in [-0.05, 0) is 41.9 Å². The maximum absolute atomic E-state index is 5.86. The van der Waals surface area contributed by atoms with Crippen LogP contribution in [0.3, 0.4) is 0 Å². The number of anilines is 1. The van der Waals surface area contributed by atoms with Crippen LogP contribution < -0.4 is 5.73 Å². The van der Waals surface area contributed by atoms with E-state index in [2.05, 4.69) is 21.1 Å². The summed E-state index contributed by atoms with van der Waals surface area (Å²) in [6, 6.07) is 5.59. The Balaban J connectivity index is 2.25. The van der Waals surface area contributed by atoms with Gasteiger partial charge in [-0.3, -0.25) is 0 Å². The molecule has 21 heavy (non-hydrogen) atoms. The number of hydrogen-bond acceptors (Lipinski definition) is 5. The average Bonchev–Trinajstić information content (AvgIpc) is 3.09. The third-order valence-electron chi connectivity index (χ3n) is 3.42. The molecule has 0 radical (unpaired) electrons. The normalized spacial score (nSPS) is 11.8. The van der Waals surface area contributed by atoms with Crippen molar-refractivity contribution < 1.29 is 13.4 Å². The third kappa shape index (κ3) is 1.72. The van der Waals surface area contributed by atoms with Gasteiger partial charge in [-0.25, -0.2) is 0 Å². The molecule has 0 aliphatic carbocycles. The number of rotatable bonds is 1. The van der Waals surface area contributed by atoms with Crippen LogP contribution in [0.2, 0.25) is 0 Å². The molecular formula is C15H11BrN2O3. The number of nitrogens with zero attached hydrogens (tertiary/aromatic N) is 1. The maximum atomic E-state index is 5.86. The monoisotopic (exact) mass is 346 g/mol. The van der Waals surface area contributed by atoms with Gasteiger partial charge in [0, 0.05) is 16.8 Å². The van der Waals surface area contributed by atoms with E-state index in [1.807, 2.05) is 26.0 Å². The number of nitrogen functional groups attached to an aromatic ring is 1. The first-order valence-electron chi connectivity index (χ1n) is 6.39. The molecule has 2 N–H and O–H groups in total. The minimum absolute atomic E-state index is 0.331. The number of halogens is 1. The Bertz CT molecular complexity index is 936. The molecule has 0 unspecified atom stereocenters. The highest BCUT2D eigenvalue weighted by Crippen LogP contribution is 2.44. The van der Waals surface area contributed by atoms with Crippen LogP contribution in [0.5, 0.6) is 0 Å². The van der Waals surface area contributed by atoms with Crippen molar-refractivity contribution in [2.45, 2.75) is 13.8 Å². The SMILES string of the molecule is Cc1cc2c(-c3cc(N)no3)c3oc(C)cc3c(Br)c2o1. The fourth-order valence-electron chi connectivity index (χ4n) is 2.62. The summed E-state index contributed by atoms with van der Waals surface area (Å²) in [5.74, 6) is 2.51. The van der Waals surface area contributed by atoms with E-state index in [9.17, 15) is 0 Å². The molecule has 4 rings (SSSR count). The highest BCUT2D eigenvalue weighted by molar-refractivity contribution is 9.10. The summed E-state index contributed by atoms with van der Waals surface area (Å²) < 4.78 is 17.9. The predicted octanol–water partition coefficient (Wildman–Crippen LogP) is 4.80. The van der Waals surface area contributed by atoms with Crippen LogP contribution in [-0.2, 0) is 0 Å².